The fourth-order valence-corrected chi connectivity index (χ4v) is 2.27. The molecule has 0 radical (unpaired) electrons. The summed E-state index contributed by atoms with van der Waals surface area (Å²) >= 11 is 0. The number of sulfonamides is 1. The first-order chi connectivity index (χ1) is 8.53. The third kappa shape index (κ3) is 2.40. The highest BCUT2D eigenvalue weighted by atomic mass is 32.2. The Labute approximate surface area is 102 Å². The summed E-state index contributed by atoms with van der Waals surface area (Å²) in [5.74, 6) is -1.01. The summed E-state index contributed by atoms with van der Waals surface area (Å²) in [5, 5.41) is 5.86. The summed E-state index contributed by atoms with van der Waals surface area (Å²) in [6, 6.07) is 4.98. The van der Waals surface area contributed by atoms with E-state index < -0.39 is 20.7 Å². The summed E-state index contributed by atoms with van der Waals surface area (Å²) in [6.07, 6.45) is 0. The molecule has 0 atom stereocenters. The van der Waals surface area contributed by atoms with Crippen LogP contribution in [0.1, 0.15) is 0 Å². The van der Waals surface area contributed by atoms with E-state index in [1.54, 1.807) is 0 Å². The van der Waals surface area contributed by atoms with E-state index >= 15 is 0 Å². The maximum absolute atomic E-state index is 13.4. The Hall–Kier alpha value is -2.16. The molecule has 0 aliphatic heterocycles. The number of hydrogen-bond donors (Lipinski definition) is 2. The molecule has 2 rings (SSSR count). The van der Waals surface area contributed by atoms with Gasteiger partial charge < -0.3 is 4.74 Å². The standard InChI is InChI=1S/C9H9FN4O3S/c1-17-9-11-8(12-13-9)14-18(15,16)7-5-3-2-4-6(7)10/h2-5H,1H3,(H2,11,12,13,14). The normalized spacial score (nSPS) is 11.2. The molecule has 9 heteroatoms. The van der Waals surface area contributed by atoms with Gasteiger partial charge in [0.2, 0.25) is 5.95 Å². The zero-order chi connectivity index (χ0) is 13.2. The molecule has 0 saturated carbocycles. The van der Waals surface area contributed by atoms with Crippen molar-refractivity contribution in [3.8, 4) is 6.01 Å². The van der Waals surface area contributed by atoms with Gasteiger partial charge in [-0.05, 0) is 12.1 Å². The van der Waals surface area contributed by atoms with Crippen LogP contribution in [-0.2, 0) is 10.0 Å². The van der Waals surface area contributed by atoms with Gasteiger partial charge in [-0.15, -0.1) is 5.10 Å². The maximum atomic E-state index is 13.4. The maximum Gasteiger partial charge on any atom is 0.336 e. The van der Waals surface area contributed by atoms with E-state index in [0.717, 1.165) is 12.1 Å². The van der Waals surface area contributed by atoms with Crippen LogP contribution in [0, 0.1) is 5.82 Å². The van der Waals surface area contributed by atoms with Gasteiger partial charge in [-0.3, -0.25) is 0 Å². The van der Waals surface area contributed by atoms with E-state index in [0.29, 0.717) is 0 Å². The average molecular weight is 272 g/mol. The van der Waals surface area contributed by atoms with Gasteiger partial charge in [0.1, 0.15) is 10.7 Å². The van der Waals surface area contributed by atoms with Crippen molar-refractivity contribution >= 4 is 16.0 Å². The van der Waals surface area contributed by atoms with E-state index in [1.165, 1.54) is 19.2 Å². The van der Waals surface area contributed by atoms with Crippen LogP contribution in [-0.4, -0.2) is 30.7 Å². The van der Waals surface area contributed by atoms with E-state index in [4.69, 9.17) is 0 Å². The number of rotatable bonds is 4. The number of nitrogens with one attached hydrogen (secondary N) is 2. The fourth-order valence-electron chi connectivity index (χ4n) is 1.23. The van der Waals surface area contributed by atoms with E-state index in [-0.39, 0.29) is 12.0 Å². The Kier molecular flexibility index (Phi) is 3.15. The molecule has 0 amide bonds. The minimum absolute atomic E-state index is 0.0266. The number of benzene rings is 1. The molecule has 1 heterocycles. The second-order valence-corrected chi connectivity index (χ2v) is 4.86. The first-order valence-electron chi connectivity index (χ1n) is 4.76. The Morgan fingerprint density at radius 1 is 1.39 bits per heavy atom. The molecular formula is C9H9FN4O3S. The topological polar surface area (TPSA) is 97.0 Å². The highest BCUT2D eigenvalue weighted by Crippen LogP contribution is 2.17. The second kappa shape index (κ2) is 4.61. The number of nitrogens with zero attached hydrogens (tertiary/aromatic N) is 2. The zero-order valence-electron chi connectivity index (χ0n) is 9.21. The molecule has 0 fully saturated rings. The Balaban J connectivity index is 2.30. The van der Waals surface area contributed by atoms with Crippen molar-refractivity contribution in [1.82, 2.24) is 15.2 Å². The molecule has 1 aromatic heterocycles. The summed E-state index contributed by atoms with van der Waals surface area (Å²) in [4.78, 5) is 3.20. The van der Waals surface area contributed by atoms with Gasteiger partial charge in [-0.2, -0.15) is 4.98 Å². The first kappa shape index (κ1) is 12.3. The number of hydrogen-bond acceptors (Lipinski definition) is 5. The van der Waals surface area contributed by atoms with Crippen molar-refractivity contribution < 1.29 is 17.5 Å². The largest absolute Gasteiger partial charge is 0.466 e. The van der Waals surface area contributed by atoms with Crippen LogP contribution in [0.2, 0.25) is 0 Å². The minimum Gasteiger partial charge on any atom is -0.466 e. The van der Waals surface area contributed by atoms with Crippen molar-refractivity contribution in [2.75, 3.05) is 11.8 Å². The highest BCUT2D eigenvalue weighted by molar-refractivity contribution is 7.92. The fraction of sp³-hybridized carbons (Fsp3) is 0.111. The second-order valence-electron chi connectivity index (χ2n) is 3.21. The molecule has 96 valence electrons. The Morgan fingerprint density at radius 2 is 2.11 bits per heavy atom. The van der Waals surface area contributed by atoms with E-state index in [2.05, 4.69) is 24.6 Å². The lowest BCUT2D eigenvalue weighted by Gasteiger charge is -2.05. The number of aromatic amines is 1. The van der Waals surface area contributed by atoms with Gasteiger partial charge >= 0.3 is 6.01 Å². The van der Waals surface area contributed by atoms with Crippen molar-refractivity contribution in [1.29, 1.82) is 0 Å². The highest BCUT2D eigenvalue weighted by Gasteiger charge is 2.20. The van der Waals surface area contributed by atoms with Gasteiger partial charge in [0, 0.05) is 0 Å². The number of ether oxygens (including phenoxy) is 1. The van der Waals surface area contributed by atoms with E-state index in [9.17, 15) is 12.8 Å². The molecule has 2 aromatic rings. The van der Waals surface area contributed by atoms with Crippen LogP contribution in [0.4, 0.5) is 10.3 Å². The molecular weight excluding hydrogens is 263 g/mol. The Bertz CT molecular complexity index is 655. The number of methoxy groups -OCH3 is 1. The molecule has 0 bridgehead atoms. The molecule has 1 aromatic carbocycles. The number of H-pyrrole nitrogens is 1. The molecule has 7 nitrogen and oxygen atoms in total. The third-order valence-electron chi connectivity index (χ3n) is 2.00. The van der Waals surface area contributed by atoms with Crippen molar-refractivity contribution in [3.05, 3.63) is 30.1 Å². The molecule has 0 aliphatic rings. The Morgan fingerprint density at radius 3 is 2.72 bits per heavy atom. The van der Waals surface area contributed by atoms with Crippen LogP contribution < -0.4 is 9.46 Å². The lowest BCUT2D eigenvalue weighted by Crippen LogP contribution is -2.15. The third-order valence-corrected chi connectivity index (χ3v) is 3.38. The van der Waals surface area contributed by atoms with Crippen LogP contribution in [0.15, 0.2) is 29.2 Å². The van der Waals surface area contributed by atoms with Crippen molar-refractivity contribution in [3.63, 3.8) is 0 Å². The van der Waals surface area contributed by atoms with Crippen LogP contribution in [0.3, 0.4) is 0 Å². The van der Waals surface area contributed by atoms with Crippen LogP contribution >= 0.6 is 0 Å². The summed E-state index contributed by atoms with van der Waals surface area (Å²) < 4.78 is 43.8. The molecule has 0 aliphatic carbocycles. The molecule has 0 spiro atoms. The van der Waals surface area contributed by atoms with Crippen molar-refractivity contribution in [2.45, 2.75) is 4.90 Å². The average Bonchev–Trinajstić information content (AvgIpc) is 2.76. The minimum atomic E-state index is -4.05. The molecule has 0 unspecified atom stereocenters. The van der Waals surface area contributed by atoms with E-state index in [1.807, 2.05) is 0 Å². The number of aromatic nitrogens is 3. The summed E-state index contributed by atoms with van der Waals surface area (Å²) in [6.45, 7) is 0. The number of anilines is 1. The lowest BCUT2D eigenvalue weighted by molar-refractivity contribution is 0.382. The van der Waals surface area contributed by atoms with Gasteiger partial charge in [0.15, 0.2) is 0 Å². The number of halogens is 1. The first-order valence-corrected chi connectivity index (χ1v) is 6.25. The lowest BCUT2D eigenvalue weighted by atomic mass is 10.4. The molecule has 18 heavy (non-hydrogen) atoms. The predicted molar refractivity (Wildman–Crippen MR) is 60.1 cm³/mol. The van der Waals surface area contributed by atoms with Gasteiger partial charge in [0.25, 0.3) is 10.0 Å². The quantitative estimate of drug-likeness (QED) is 0.856. The smallest absolute Gasteiger partial charge is 0.336 e. The van der Waals surface area contributed by atoms with Gasteiger partial charge in [-0.25, -0.2) is 22.6 Å². The predicted octanol–water partition coefficient (Wildman–Crippen LogP) is 0.753. The van der Waals surface area contributed by atoms with Crippen molar-refractivity contribution in [2.24, 2.45) is 0 Å². The van der Waals surface area contributed by atoms with Gasteiger partial charge in [-0.1, -0.05) is 12.1 Å². The van der Waals surface area contributed by atoms with Crippen LogP contribution in [0.5, 0.6) is 6.01 Å². The molecule has 2 N–H and O–H groups in total. The summed E-state index contributed by atoms with van der Waals surface area (Å²) in [7, 11) is -2.72. The zero-order valence-corrected chi connectivity index (χ0v) is 10.0. The summed E-state index contributed by atoms with van der Waals surface area (Å²) in [5.41, 5.74) is 0. The van der Waals surface area contributed by atoms with Gasteiger partial charge in [0.05, 0.1) is 7.11 Å². The monoisotopic (exact) mass is 272 g/mol. The molecule has 0 saturated heterocycles. The van der Waals surface area contributed by atoms with Crippen LogP contribution in [0.25, 0.3) is 0 Å². The SMILES string of the molecule is COc1n[nH]c(NS(=O)(=O)c2ccccc2F)n1.